The second-order valence-corrected chi connectivity index (χ2v) is 17.9. The lowest BCUT2D eigenvalue weighted by molar-refractivity contribution is 0.669. The first-order valence-electron chi connectivity index (χ1n) is 23.2. The third-order valence-electron chi connectivity index (χ3n) is 14.5. The molecule has 12 aromatic rings. The highest BCUT2D eigenvalue weighted by Crippen LogP contribution is 2.63. The Labute approximate surface area is 389 Å². The maximum absolute atomic E-state index is 6.66. The normalized spacial score (nSPS) is 12.9. The number of anilines is 3. The smallest absolute Gasteiger partial charge is 0.136 e. The predicted octanol–water partition coefficient (Wildman–Crippen LogP) is 17.6. The summed E-state index contributed by atoms with van der Waals surface area (Å²) < 4.78 is 6.66. The molecule has 1 spiro atoms. The number of hydrogen-bond acceptors (Lipinski definition) is 2. The van der Waals surface area contributed by atoms with Gasteiger partial charge >= 0.3 is 0 Å². The molecule has 0 N–H and O–H groups in total. The summed E-state index contributed by atoms with van der Waals surface area (Å²) in [6.45, 7) is 0. The fraction of sp³-hybridized carbons (Fsp3) is 0.0154. The van der Waals surface area contributed by atoms with Crippen LogP contribution in [0.25, 0.3) is 88.3 Å². The van der Waals surface area contributed by atoms with Gasteiger partial charge in [0, 0.05) is 27.7 Å². The molecule has 14 rings (SSSR count). The van der Waals surface area contributed by atoms with Crippen LogP contribution in [0, 0.1) is 0 Å². The van der Waals surface area contributed by atoms with Crippen molar-refractivity contribution in [3.8, 4) is 55.6 Å². The van der Waals surface area contributed by atoms with E-state index in [-0.39, 0.29) is 0 Å². The number of furan rings is 1. The van der Waals surface area contributed by atoms with Crippen molar-refractivity contribution in [3.63, 3.8) is 0 Å². The van der Waals surface area contributed by atoms with Crippen LogP contribution in [0.2, 0.25) is 0 Å². The van der Waals surface area contributed by atoms with Gasteiger partial charge < -0.3 is 9.32 Å². The van der Waals surface area contributed by atoms with Gasteiger partial charge in [-0.1, -0.05) is 194 Å². The fourth-order valence-corrected chi connectivity index (χ4v) is 11.6. The molecule has 0 unspecified atom stereocenters. The Hall–Kier alpha value is -8.72. The number of rotatable bonds is 6. The van der Waals surface area contributed by atoms with Crippen LogP contribution in [-0.2, 0) is 5.41 Å². The van der Waals surface area contributed by atoms with Crippen LogP contribution in [-0.4, -0.2) is 0 Å². The molecule has 0 saturated carbocycles. The van der Waals surface area contributed by atoms with E-state index in [1.807, 2.05) is 0 Å². The monoisotopic (exact) mass is 851 g/mol. The van der Waals surface area contributed by atoms with Gasteiger partial charge in [0.1, 0.15) is 11.2 Å². The maximum Gasteiger partial charge on any atom is 0.136 e. The number of benzene rings is 11. The van der Waals surface area contributed by atoms with Gasteiger partial charge in [0.05, 0.1) is 11.1 Å². The summed E-state index contributed by atoms with van der Waals surface area (Å²) in [4.78, 5) is 2.47. The maximum atomic E-state index is 6.66. The van der Waals surface area contributed by atoms with Crippen molar-refractivity contribution in [3.05, 3.63) is 271 Å². The van der Waals surface area contributed by atoms with E-state index in [0.29, 0.717) is 0 Å². The number of fused-ring (bicyclic) bond motifs is 14. The molecule has 312 valence electrons. The number of hydrogen-bond donors (Lipinski definition) is 0. The zero-order chi connectivity index (χ0) is 44.1. The van der Waals surface area contributed by atoms with Gasteiger partial charge in [-0.25, -0.2) is 0 Å². The molecule has 2 aliphatic rings. The first-order valence-corrected chi connectivity index (χ1v) is 23.2. The van der Waals surface area contributed by atoms with Gasteiger partial charge in [-0.2, -0.15) is 0 Å². The molecule has 67 heavy (non-hydrogen) atoms. The van der Waals surface area contributed by atoms with Gasteiger partial charge in [0.15, 0.2) is 0 Å². The van der Waals surface area contributed by atoms with Crippen molar-refractivity contribution in [2.24, 2.45) is 0 Å². The Morgan fingerprint density at radius 1 is 0.299 bits per heavy atom. The van der Waals surface area contributed by atoms with E-state index in [1.165, 1.54) is 77.5 Å². The second-order valence-electron chi connectivity index (χ2n) is 17.9. The van der Waals surface area contributed by atoms with Crippen LogP contribution in [0.5, 0.6) is 0 Å². The Bertz CT molecular complexity index is 3870. The lowest BCUT2D eigenvalue weighted by Gasteiger charge is -2.32. The lowest BCUT2D eigenvalue weighted by Crippen LogP contribution is -2.26. The molecule has 0 amide bonds. The summed E-state index contributed by atoms with van der Waals surface area (Å²) in [6, 6.07) is 91.3. The van der Waals surface area contributed by atoms with Gasteiger partial charge in [-0.15, -0.1) is 0 Å². The Kier molecular flexibility index (Phi) is 8.23. The molecular formula is C65H41NO. The van der Waals surface area contributed by atoms with Crippen LogP contribution >= 0.6 is 0 Å². The summed E-state index contributed by atoms with van der Waals surface area (Å²) in [5.74, 6) is 0. The number of para-hydroxylation sites is 1. The van der Waals surface area contributed by atoms with Crippen LogP contribution in [0.3, 0.4) is 0 Å². The quantitative estimate of drug-likeness (QED) is 0.166. The third kappa shape index (κ3) is 5.57. The van der Waals surface area contributed by atoms with Crippen molar-refractivity contribution >= 4 is 49.8 Å². The molecule has 2 aliphatic carbocycles. The SMILES string of the molecule is c1ccc(-c2cccc(-c3ccc(N(c4ccc5c(c4)C4(c6ccccc6-c6ccccc64)c4ccccc4-5)c4ccccc4-c4cccc5oc6cc7ccccc7cc6c45)cc3)c2)cc1. The van der Waals surface area contributed by atoms with E-state index in [9.17, 15) is 0 Å². The van der Waals surface area contributed by atoms with Crippen LogP contribution in [0.1, 0.15) is 22.3 Å². The van der Waals surface area contributed by atoms with Crippen LogP contribution in [0.4, 0.5) is 17.1 Å². The fourth-order valence-electron chi connectivity index (χ4n) is 11.6. The van der Waals surface area contributed by atoms with E-state index in [4.69, 9.17) is 4.42 Å². The average molecular weight is 852 g/mol. The molecule has 0 saturated heterocycles. The molecule has 1 heterocycles. The minimum atomic E-state index is -0.474. The summed E-state index contributed by atoms with van der Waals surface area (Å²) in [5.41, 5.74) is 22.0. The van der Waals surface area contributed by atoms with Crippen molar-refractivity contribution in [2.45, 2.75) is 5.41 Å². The van der Waals surface area contributed by atoms with Crippen molar-refractivity contribution < 1.29 is 4.42 Å². The summed E-state index contributed by atoms with van der Waals surface area (Å²) in [7, 11) is 0. The molecule has 2 nitrogen and oxygen atoms in total. The molecule has 1 aromatic heterocycles. The highest BCUT2D eigenvalue weighted by Gasteiger charge is 2.51. The second kappa shape index (κ2) is 14.7. The van der Waals surface area contributed by atoms with Gasteiger partial charge in [-0.05, 0) is 138 Å². The Balaban J connectivity index is 1.00. The van der Waals surface area contributed by atoms with E-state index in [0.717, 1.165) is 50.1 Å². The van der Waals surface area contributed by atoms with Gasteiger partial charge in [0.25, 0.3) is 0 Å². The largest absolute Gasteiger partial charge is 0.456 e. The molecule has 0 fully saturated rings. The zero-order valence-electron chi connectivity index (χ0n) is 36.5. The van der Waals surface area contributed by atoms with E-state index in [1.54, 1.807) is 0 Å². The standard InChI is InChI=1S/C65H41NO/c1-2-16-42(17-3-1)44-20-14-21-45(38-44)43-32-34-48(35-33-43)66(61-30-13-9-25-54(61)55-26-15-31-62-64(55)56-39-46-18-4-5-19-47(46)40-63(56)67-62)49-36-37-53-52-24-8-12-29-59(52)65(60(53)41-49)57-27-10-6-22-50(57)51-23-7-11-28-58(51)65/h1-41H. The molecule has 11 aromatic carbocycles. The molecule has 0 bridgehead atoms. The Morgan fingerprint density at radius 2 is 0.806 bits per heavy atom. The minimum absolute atomic E-state index is 0.474. The molecular weight excluding hydrogens is 811 g/mol. The molecule has 0 atom stereocenters. The van der Waals surface area contributed by atoms with Crippen molar-refractivity contribution in [1.82, 2.24) is 0 Å². The lowest BCUT2D eigenvalue weighted by atomic mass is 9.70. The first-order chi connectivity index (χ1) is 33.2. The number of nitrogens with zero attached hydrogens (tertiary/aromatic N) is 1. The summed E-state index contributed by atoms with van der Waals surface area (Å²) in [5, 5.41) is 4.59. The van der Waals surface area contributed by atoms with E-state index in [2.05, 4.69) is 254 Å². The van der Waals surface area contributed by atoms with Crippen molar-refractivity contribution in [1.29, 1.82) is 0 Å². The van der Waals surface area contributed by atoms with Gasteiger partial charge in [-0.3, -0.25) is 0 Å². The summed E-state index contributed by atoms with van der Waals surface area (Å²) >= 11 is 0. The highest BCUT2D eigenvalue weighted by atomic mass is 16.3. The molecule has 2 heteroatoms. The third-order valence-corrected chi connectivity index (χ3v) is 14.5. The zero-order valence-corrected chi connectivity index (χ0v) is 36.5. The first kappa shape index (κ1) is 37.6. The summed E-state index contributed by atoms with van der Waals surface area (Å²) in [6.07, 6.45) is 0. The van der Waals surface area contributed by atoms with E-state index >= 15 is 0 Å². The van der Waals surface area contributed by atoms with Gasteiger partial charge in [0.2, 0.25) is 0 Å². The molecule has 0 radical (unpaired) electrons. The van der Waals surface area contributed by atoms with E-state index < -0.39 is 5.41 Å². The molecule has 0 aliphatic heterocycles. The van der Waals surface area contributed by atoms with Crippen molar-refractivity contribution in [2.75, 3.05) is 4.90 Å². The highest BCUT2D eigenvalue weighted by molar-refractivity contribution is 6.16. The van der Waals surface area contributed by atoms with Crippen LogP contribution < -0.4 is 4.90 Å². The predicted molar refractivity (Wildman–Crippen MR) is 279 cm³/mol. The average Bonchev–Trinajstić information content (AvgIpc) is 4.02. The topological polar surface area (TPSA) is 16.4 Å². The van der Waals surface area contributed by atoms with Crippen LogP contribution in [0.15, 0.2) is 253 Å². The minimum Gasteiger partial charge on any atom is -0.456 e. The Morgan fingerprint density at radius 3 is 1.49 bits per heavy atom.